The highest BCUT2D eigenvalue weighted by molar-refractivity contribution is 5.74. The first kappa shape index (κ1) is 16.8. The number of alkyl halides is 3. The summed E-state index contributed by atoms with van der Waals surface area (Å²) in [6.07, 6.45) is -2.27. The van der Waals surface area contributed by atoms with Crippen LogP contribution < -0.4 is 4.74 Å². The molecule has 3 rings (SSSR count). The average Bonchev–Trinajstić information content (AvgIpc) is 3.09. The molecule has 0 aliphatic rings. The molecule has 1 aromatic heterocycles. The SMILES string of the molecule is O=Cc1ccc(OCc2coc(-c3ccc(C(F)(F)F)cc3)n2)cc1. The Balaban J connectivity index is 1.66. The molecule has 25 heavy (non-hydrogen) atoms. The normalized spacial score (nSPS) is 11.3. The summed E-state index contributed by atoms with van der Waals surface area (Å²) in [7, 11) is 0. The van der Waals surface area contributed by atoms with Crippen LogP contribution in [0.5, 0.6) is 5.75 Å². The predicted octanol–water partition coefficient (Wildman–Crippen LogP) is 4.75. The number of ether oxygens (including phenoxy) is 1. The van der Waals surface area contributed by atoms with Crippen LogP contribution in [0.1, 0.15) is 21.6 Å². The van der Waals surface area contributed by atoms with Crippen LogP contribution in [0.25, 0.3) is 11.5 Å². The minimum Gasteiger partial charge on any atom is -0.487 e. The van der Waals surface area contributed by atoms with Gasteiger partial charge in [0.1, 0.15) is 30.6 Å². The third-order valence-corrected chi connectivity index (χ3v) is 3.41. The molecule has 0 unspecified atom stereocenters. The quantitative estimate of drug-likeness (QED) is 0.625. The van der Waals surface area contributed by atoms with Gasteiger partial charge in [-0.15, -0.1) is 0 Å². The van der Waals surface area contributed by atoms with Gasteiger partial charge < -0.3 is 9.15 Å². The third kappa shape index (κ3) is 4.06. The van der Waals surface area contributed by atoms with Crippen molar-refractivity contribution >= 4 is 6.29 Å². The zero-order valence-corrected chi connectivity index (χ0v) is 12.8. The van der Waals surface area contributed by atoms with Crippen molar-refractivity contribution in [2.24, 2.45) is 0 Å². The van der Waals surface area contributed by atoms with E-state index in [-0.39, 0.29) is 12.5 Å². The zero-order chi connectivity index (χ0) is 17.9. The summed E-state index contributed by atoms with van der Waals surface area (Å²) in [5.41, 5.74) is 0.743. The molecule has 1 heterocycles. The van der Waals surface area contributed by atoms with Crippen LogP contribution in [-0.4, -0.2) is 11.3 Å². The van der Waals surface area contributed by atoms with Gasteiger partial charge in [-0.3, -0.25) is 4.79 Å². The van der Waals surface area contributed by atoms with Gasteiger partial charge in [0.2, 0.25) is 5.89 Å². The first-order chi connectivity index (χ1) is 12.0. The number of hydrogen-bond acceptors (Lipinski definition) is 4. The lowest BCUT2D eigenvalue weighted by Crippen LogP contribution is -2.04. The lowest BCUT2D eigenvalue weighted by molar-refractivity contribution is -0.137. The number of carbonyl (C=O) groups excluding carboxylic acids is 1. The molecule has 4 nitrogen and oxygen atoms in total. The molecule has 0 bridgehead atoms. The fraction of sp³-hybridized carbons (Fsp3) is 0.111. The van der Waals surface area contributed by atoms with E-state index in [0.29, 0.717) is 22.6 Å². The lowest BCUT2D eigenvalue weighted by atomic mass is 10.1. The number of halogens is 3. The summed E-state index contributed by atoms with van der Waals surface area (Å²) in [6, 6.07) is 11.1. The number of benzene rings is 2. The van der Waals surface area contributed by atoms with Gasteiger partial charge in [-0.05, 0) is 48.5 Å². The summed E-state index contributed by atoms with van der Waals surface area (Å²) >= 11 is 0. The third-order valence-electron chi connectivity index (χ3n) is 3.41. The van der Waals surface area contributed by atoms with Crippen molar-refractivity contribution in [1.82, 2.24) is 4.98 Å². The van der Waals surface area contributed by atoms with Crippen LogP contribution in [0.4, 0.5) is 13.2 Å². The van der Waals surface area contributed by atoms with Crippen LogP contribution in [-0.2, 0) is 12.8 Å². The minimum absolute atomic E-state index is 0.130. The van der Waals surface area contributed by atoms with Crippen LogP contribution in [0.15, 0.2) is 59.2 Å². The smallest absolute Gasteiger partial charge is 0.416 e. The number of nitrogens with zero attached hydrogens (tertiary/aromatic N) is 1. The molecule has 0 fully saturated rings. The first-order valence-electron chi connectivity index (χ1n) is 7.26. The van der Waals surface area contributed by atoms with Crippen LogP contribution in [0, 0.1) is 0 Å². The Kier molecular flexibility index (Phi) is 4.56. The van der Waals surface area contributed by atoms with E-state index in [0.717, 1.165) is 18.4 Å². The lowest BCUT2D eigenvalue weighted by Gasteiger charge is -2.06. The van der Waals surface area contributed by atoms with Gasteiger partial charge in [-0.25, -0.2) is 4.98 Å². The summed E-state index contributed by atoms with van der Waals surface area (Å²) in [5, 5.41) is 0. The molecule has 0 aliphatic heterocycles. The largest absolute Gasteiger partial charge is 0.487 e. The van der Waals surface area contributed by atoms with Gasteiger partial charge in [0.05, 0.1) is 5.56 Å². The fourth-order valence-electron chi connectivity index (χ4n) is 2.11. The molecular weight excluding hydrogens is 335 g/mol. The van der Waals surface area contributed by atoms with Crippen molar-refractivity contribution in [1.29, 1.82) is 0 Å². The number of rotatable bonds is 5. The van der Waals surface area contributed by atoms with Crippen molar-refractivity contribution < 1.29 is 27.1 Å². The highest BCUT2D eigenvalue weighted by atomic mass is 19.4. The maximum atomic E-state index is 12.6. The Labute approximate surface area is 140 Å². The van der Waals surface area contributed by atoms with E-state index in [4.69, 9.17) is 9.15 Å². The minimum atomic E-state index is -4.38. The number of aromatic nitrogens is 1. The molecule has 0 amide bonds. The Hall–Kier alpha value is -3.09. The van der Waals surface area contributed by atoms with E-state index in [1.165, 1.54) is 18.4 Å². The van der Waals surface area contributed by atoms with Gasteiger partial charge in [-0.2, -0.15) is 13.2 Å². The van der Waals surface area contributed by atoms with E-state index in [9.17, 15) is 18.0 Å². The summed E-state index contributed by atoms with van der Waals surface area (Å²) in [5.74, 6) is 0.772. The van der Waals surface area contributed by atoms with Gasteiger partial charge in [0.15, 0.2) is 0 Å². The molecule has 0 saturated heterocycles. The average molecular weight is 347 g/mol. The number of carbonyl (C=O) groups is 1. The van der Waals surface area contributed by atoms with Gasteiger partial charge >= 0.3 is 6.18 Å². The summed E-state index contributed by atoms with van der Waals surface area (Å²) in [4.78, 5) is 14.8. The number of aldehydes is 1. The molecule has 0 saturated carbocycles. The Morgan fingerprint density at radius 2 is 1.72 bits per heavy atom. The second kappa shape index (κ2) is 6.80. The first-order valence-corrected chi connectivity index (χ1v) is 7.26. The molecule has 2 aromatic carbocycles. The van der Waals surface area contributed by atoms with E-state index in [1.807, 2.05) is 0 Å². The topological polar surface area (TPSA) is 52.3 Å². The van der Waals surface area contributed by atoms with Crippen LogP contribution in [0.3, 0.4) is 0 Å². The van der Waals surface area contributed by atoms with E-state index < -0.39 is 11.7 Å². The molecule has 0 atom stereocenters. The molecule has 3 aromatic rings. The highest BCUT2D eigenvalue weighted by Gasteiger charge is 2.30. The summed E-state index contributed by atoms with van der Waals surface area (Å²) in [6.45, 7) is 0.130. The highest BCUT2D eigenvalue weighted by Crippen LogP contribution is 2.30. The monoisotopic (exact) mass is 347 g/mol. The van der Waals surface area contributed by atoms with Crippen molar-refractivity contribution in [3.05, 3.63) is 71.6 Å². The second-order valence-electron chi connectivity index (χ2n) is 5.19. The Morgan fingerprint density at radius 3 is 2.32 bits per heavy atom. The van der Waals surface area contributed by atoms with E-state index in [2.05, 4.69) is 4.98 Å². The van der Waals surface area contributed by atoms with Gasteiger partial charge in [0, 0.05) is 11.1 Å². The van der Waals surface area contributed by atoms with Crippen molar-refractivity contribution in [2.75, 3.05) is 0 Å². The molecule has 0 N–H and O–H groups in total. The van der Waals surface area contributed by atoms with Gasteiger partial charge in [0.25, 0.3) is 0 Å². The Bertz CT molecular complexity index is 853. The Morgan fingerprint density at radius 1 is 1.04 bits per heavy atom. The molecule has 0 spiro atoms. The van der Waals surface area contributed by atoms with Crippen LogP contribution >= 0.6 is 0 Å². The van der Waals surface area contributed by atoms with Gasteiger partial charge in [-0.1, -0.05) is 0 Å². The molecule has 0 aliphatic carbocycles. The fourth-order valence-corrected chi connectivity index (χ4v) is 2.11. The number of hydrogen-bond donors (Lipinski definition) is 0. The number of oxazole rings is 1. The van der Waals surface area contributed by atoms with Crippen molar-refractivity contribution in [2.45, 2.75) is 12.8 Å². The maximum Gasteiger partial charge on any atom is 0.416 e. The van der Waals surface area contributed by atoms with E-state index in [1.54, 1.807) is 24.3 Å². The predicted molar refractivity (Wildman–Crippen MR) is 83.1 cm³/mol. The maximum absolute atomic E-state index is 12.6. The van der Waals surface area contributed by atoms with E-state index >= 15 is 0 Å². The zero-order valence-electron chi connectivity index (χ0n) is 12.8. The van der Waals surface area contributed by atoms with Crippen molar-refractivity contribution in [3.8, 4) is 17.2 Å². The molecule has 0 radical (unpaired) electrons. The summed E-state index contributed by atoms with van der Waals surface area (Å²) < 4.78 is 48.5. The van der Waals surface area contributed by atoms with Crippen molar-refractivity contribution in [3.63, 3.8) is 0 Å². The van der Waals surface area contributed by atoms with Crippen LogP contribution in [0.2, 0.25) is 0 Å². The molecule has 128 valence electrons. The molecular formula is C18H12F3NO3. The second-order valence-corrected chi connectivity index (χ2v) is 5.19. The molecule has 7 heteroatoms. The standard InChI is InChI=1S/C18H12F3NO3/c19-18(20,21)14-5-3-13(4-6-14)17-22-15(11-25-17)10-24-16-7-1-12(9-23)2-8-16/h1-9,11H,10H2.